The van der Waals surface area contributed by atoms with E-state index >= 15 is 0 Å². The number of unbranched alkanes of at least 4 members (excludes halogenated alkanes) is 3. The first kappa shape index (κ1) is 16.4. The van der Waals surface area contributed by atoms with Crippen molar-refractivity contribution in [3.63, 3.8) is 0 Å². The van der Waals surface area contributed by atoms with Crippen LogP contribution in [0.1, 0.15) is 43.9 Å². The van der Waals surface area contributed by atoms with Gasteiger partial charge in [0.1, 0.15) is 6.54 Å². The monoisotopic (exact) mass is 321 g/mol. The van der Waals surface area contributed by atoms with Gasteiger partial charge in [-0.3, -0.25) is 0 Å². The van der Waals surface area contributed by atoms with Crippen molar-refractivity contribution in [1.82, 2.24) is 15.0 Å². The maximum Gasteiger partial charge on any atom is 0.171 e. The maximum absolute atomic E-state index is 4.59. The van der Waals surface area contributed by atoms with E-state index in [2.05, 4.69) is 70.5 Å². The number of aryl methyl sites for hydroxylation is 1. The van der Waals surface area contributed by atoms with Gasteiger partial charge in [0.15, 0.2) is 12.4 Å². The average molecular weight is 321 g/mol. The molecule has 0 spiro atoms. The second-order valence-corrected chi connectivity index (χ2v) is 6.14. The second-order valence-electron chi connectivity index (χ2n) is 6.14. The van der Waals surface area contributed by atoms with Gasteiger partial charge in [-0.05, 0) is 12.0 Å². The van der Waals surface area contributed by atoms with Crippen molar-refractivity contribution in [3.05, 3.63) is 72.3 Å². The summed E-state index contributed by atoms with van der Waals surface area (Å²) >= 11 is 0. The molecule has 0 N–H and O–H groups in total. The molecule has 0 saturated heterocycles. The fourth-order valence-electron chi connectivity index (χ4n) is 2.76. The summed E-state index contributed by atoms with van der Waals surface area (Å²) in [5.41, 5.74) is 3.24. The summed E-state index contributed by atoms with van der Waals surface area (Å²) < 4.78 is 2.23. The van der Waals surface area contributed by atoms with E-state index in [-0.39, 0.29) is 0 Å². The first-order valence-corrected chi connectivity index (χ1v) is 8.80. The molecule has 124 valence electrons. The lowest BCUT2D eigenvalue weighted by Crippen LogP contribution is -2.32. The van der Waals surface area contributed by atoms with Gasteiger partial charge in [-0.2, -0.15) is 15.0 Å². The molecular weight excluding hydrogens is 296 g/mol. The second kappa shape index (κ2) is 8.39. The van der Waals surface area contributed by atoms with Gasteiger partial charge in [0, 0.05) is 25.0 Å². The van der Waals surface area contributed by atoms with Crippen LogP contribution >= 0.6 is 0 Å². The molecule has 3 rings (SSSR count). The molecule has 0 saturated carbocycles. The molecule has 0 amide bonds. The van der Waals surface area contributed by atoms with E-state index < -0.39 is 0 Å². The molecule has 0 fully saturated rings. The van der Waals surface area contributed by atoms with Gasteiger partial charge in [-0.25, -0.2) is 4.57 Å². The summed E-state index contributed by atoms with van der Waals surface area (Å²) in [7, 11) is 0. The van der Waals surface area contributed by atoms with Crippen LogP contribution in [0.15, 0.2) is 61.1 Å². The number of aromatic nitrogens is 4. The Labute approximate surface area is 143 Å². The molecule has 24 heavy (non-hydrogen) atoms. The molecule has 2 aromatic heterocycles. The van der Waals surface area contributed by atoms with Crippen LogP contribution in [0.3, 0.4) is 0 Å². The number of pyridine rings is 1. The van der Waals surface area contributed by atoms with E-state index in [9.17, 15) is 0 Å². The van der Waals surface area contributed by atoms with Crippen molar-refractivity contribution in [3.8, 4) is 5.69 Å². The lowest BCUT2D eigenvalue weighted by atomic mass is 10.1. The fraction of sp³-hybridized carbons (Fsp3) is 0.350. The topological polar surface area (TPSA) is 34.6 Å². The average Bonchev–Trinajstić information content (AvgIpc) is 3.09. The van der Waals surface area contributed by atoms with Crippen molar-refractivity contribution >= 4 is 0 Å². The first-order valence-electron chi connectivity index (χ1n) is 8.80. The van der Waals surface area contributed by atoms with Gasteiger partial charge >= 0.3 is 0 Å². The van der Waals surface area contributed by atoms with Gasteiger partial charge in [0.05, 0.1) is 17.6 Å². The summed E-state index contributed by atoms with van der Waals surface area (Å²) in [5.74, 6) is 0. The minimum Gasteiger partial charge on any atom is -0.205 e. The highest BCUT2D eigenvalue weighted by atomic mass is 15.5. The normalized spacial score (nSPS) is 10.9. The van der Waals surface area contributed by atoms with E-state index in [0.717, 1.165) is 24.3 Å². The third kappa shape index (κ3) is 4.51. The summed E-state index contributed by atoms with van der Waals surface area (Å²) in [6, 6.07) is 14.5. The zero-order valence-electron chi connectivity index (χ0n) is 14.3. The molecule has 4 nitrogen and oxygen atoms in total. The summed E-state index contributed by atoms with van der Waals surface area (Å²) in [5, 5.41) is 8.98. The van der Waals surface area contributed by atoms with Crippen molar-refractivity contribution in [2.45, 2.75) is 45.6 Å². The van der Waals surface area contributed by atoms with Crippen molar-refractivity contribution in [2.24, 2.45) is 0 Å². The van der Waals surface area contributed by atoms with Crippen LogP contribution in [-0.2, 0) is 13.0 Å². The van der Waals surface area contributed by atoms with Crippen molar-refractivity contribution < 1.29 is 4.57 Å². The Balaban J connectivity index is 1.60. The highest BCUT2D eigenvalue weighted by Gasteiger charge is 2.06. The minimum absolute atomic E-state index is 0.811. The van der Waals surface area contributed by atoms with E-state index in [1.54, 1.807) is 4.80 Å². The fourth-order valence-corrected chi connectivity index (χ4v) is 2.76. The van der Waals surface area contributed by atoms with E-state index in [1.165, 1.54) is 31.2 Å². The number of hydrogen-bond acceptors (Lipinski definition) is 2. The smallest absolute Gasteiger partial charge is 0.171 e. The zero-order valence-corrected chi connectivity index (χ0v) is 14.3. The summed E-state index contributed by atoms with van der Waals surface area (Å²) in [6.45, 7) is 3.32. The van der Waals surface area contributed by atoms with E-state index in [1.807, 2.05) is 12.3 Å². The van der Waals surface area contributed by atoms with Gasteiger partial charge < -0.3 is 0 Å². The largest absolute Gasteiger partial charge is 0.205 e. The molecule has 4 heteroatoms. The molecule has 0 unspecified atom stereocenters. The standard InChI is InChI=1S/C20H25N4/c1-2-3-4-8-13-23-14-11-20(12-15-23)24-21-17-19(22-24)16-18-9-6-5-7-10-18/h5-7,9-12,14-15,17H,2-4,8,13,16H2,1H3/q+1. The molecule has 0 aliphatic carbocycles. The zero-order chi connectivity index (χ0) is 16.6. The van der Waals surface area contributed by atoms with E-state index in [4.69, 9.17) is 0 Å². The van der Waals surface area contributed by atoms with Crippen LogP contribution in [0, 0.1) is 0 Å². The Hall–Kier alpha value is -2.49. The van der Waals surface area contributed by atoms with E-state index in [0.29, 0.717) is 0 Å². The van der Waals surface area contributed by atoms with Crippen LogP contribution in [0.5, 0.6) is 0 Å². The maximum atomic E-state index is 4.59. The van der Waals surface area contributed by atoms with Crippen LogP contribution in [0.4, 0.5) is 0 Å². The number of nitrogens with zero attached hydrogens (tertiary/aromatic N) is 4. The molecule has 0 aliphatic heterocycles. The molecule has 3 aromatic rings. The third-order valence-corrected chi connectivity index (χ3v) is 4.14. The molecule has 0 aliphatic rings. The Morgan fingerprint density at radius 1 is 0.958 bits per heavy atom. The third-order valence-electron chi connectivity index (χ3n) is 4.14. The van der Waals surface area contributed by atoms with Crippen molar-refractivity contribution in [2.75, 3.05) is 0 Å². The molecule has 2 heterocycles. The van der Waals surface area contributed by atoms with Crippen LogP contribution in [0.25, 0.3) is 5.69 Å². The highest BCUT2D eigenvalue weighted by molar-refractivity contribution is 5.25. The molecular formula is C20H25N4+. The van der Waals surface area contributed by atoms with Crippen LogP contribution in [0.2, 0.25) is 0 Å². The van der Waals surface area contributed by atoms with Gasteiger partial charge in [0.25, 0.3) is 0 Å². The van der Waals surface area contributed by atoms with Gasteiger partial charge in [0.2, 0.25) is 0 Å². The number of rotatable bonds is 8. The predicted octanol–water partition coefficient (Wildman–Crippen LogP) is 3.73. The number of benzene rings is 1. The summed E-state index contributed by atoms with van der Waals surface area (Å²) in [4.78, 5) is 1.71. The SMILES string of the molecule is CCCCCC[n+]1ccc(-n2ncc(Cc3ccccc3)n2)cc1. The van der Waals surface area contributed by atoms with Crippen molar-refractivity contribution in [1.29, 1.82) is 0 Å². The minimum atomic E-state index is 0.811. The highest BCUT2D eigenvalue weighted by Crippen LogP contribution is 2.08. The predicted molar refractivity (Wildman–Crippen MR) is 94.9 cm³/mol. The Bertz CT molecular complexity index is 732. The van der Waals surface area contributed by atoms with Crippen LogP contribution < -0.4 is 4.57 Å². The van der Waals surface area contributed by atoms with Gasteiger partial charge in [-0.1, -0.05) is 50.1 Å². The lowest BCUT2D eigenvalue weighted by Gasteiger charge is -2.00. The summed E-state index contributed by atoms with van der Waals surface area (Å²) in [6.07, 6.45) is 12.0. The van der Waals surface area contributed by atoms with Crippen LogP contribution in [-0.4, -0.2) is 15.0 Å². The number of hydrogen-bond donors (Lipinski definition) is 0. The lowest BCUT2D eigenvalue weighted by molar-refractivity contribution is -0.697. The quantitative estimate of drug-likeness (QED) is 0.468. The Morgan fingerprint density at radius 3 is 2.50 bits per heavy atom. The Morgan fingerprint density at radius 2 is 1.75 bits per heavy atom. The molecule has 1 aromatic carbocycles. The van der Waals surface area contributed by atoms with Gasteiger partial charge in [-0.15, -0.1) is 0 Å². The molecule has 0 atom stereocenters. The first-order chi connectivity index (χ1) is 11.8. The Kier molecular flexibility index (Phi) is 5.72. The molecule has 0 radical (unpaired) electrons. The molecule has 0 bridgehead atoms.